The Morgan fingerprint density at radius 1 is 0.909 bits per heavy atom. The highest BCUT2D eigenvalue weighted by molar-refractivity contribution is 6.09. The van der Waals surface area contributed by atoms with Crippen molar-refractivity contribution >= 4 is 36.0 Å². The van der Waals surface area contributed by atoms with Gasteiger partial charge in [-0.05, 0) is 48.9 Å². The lowest BCUT2D eigenvalue weighted by Gasteiger charge is -2.29. The van der Waals surface area contributed by atoms with Crippen LogP contribution in [0.3, 0.4) is 0 Å². The minimum absolute atomic E-state index is 0.00892. The summed E-state index contributed by atoms with van der Waals surface area (Å²) in [4.78, 5) is 55.3. The Labute approximate surface area is 257 Å². The van der Waals surface area contributed by atoms with E-state index >= 15 is 0 Å². The third-order valence-corrected chi connectivity index (χ3v) is 7.73. The van der Waals surface area contributed by atoms with E-state index in [1.807, 2.05) is 80.6 Å². The first-order valence-corrected chi connectivity index (χ1v) is 14.6. The molecule has 3 aromatic rings. The number of rotatable bonds is 12. The summed E-state index contributed by atoms with van der Waals surface area (Å²) < 4.78 is 14.6. The second-order valence-corrected chi connectivity index (χ2v) is 11.9. The average molecular weight is 600 g/mol. The molecule has 4 amide bonds. The molecule has 1 fully saturated rings. The van der Waals surface area contributed by atoms with Gasteiger partial charge in [0.2, 0.25) is 5.91 Å². The van der Waals surface area contributed by atoms with Gasteiger partial charge in [0.25, 0.3) is 5.91 Å². The number of amides is 4. The summed E-state index contributed by atoms with van der Waals surface area (Å²) in [6.45, 7) is 7.13. The van der Waals surface area contributed by atoms with Gasteiger partial charge in [-0.2, -0.15) is 0 Å². The fraction of sp³-hybridized carbons (Fsp3) is 0.314. The third-order valence-electron chi connectivity index (χ3n) is 7.73. The summed E-state index contributed by atoms with van der Waals surface area (Å²) in [5.74, 6) is -3.25. The van der Waals surface area contributed by atoms with Crippen molar-refractivity contribution in [3.8, 4) is 0 Å². The van der Waals surface area contributed by atoms with E-state index in [0.717, 1.165) is 21.6 Å². The molecule has 1 saturated heterocycles. The van der Waals surface area contributed by atoms with E-state index in [2.05, 4.69) is 5.32 Å². The molecule has 0 spiro atoms. The van der Waals surface area contributed by atoms with Crippen molar-refractivity contribution in [3.05, 3.63) is 107 Å². The fourth-order valence-electron chi connectivity index (χ4n) is 5.29. The van der Waals surface area contributed by atoms with Crippen LogP contribution in [0.15, 0.2) is 78.9 Å². The van der Waals surface area contributed by atoms with Gasteiger partial charge >= 0.3 is 12.0 Å². The van der Waals surface area contributed by atoms with E-state index < -0.39 is 53.7 Å². The van der Waals surface area contributed by atoms with Crippen molar-refractivity contribution in [1.82, 2.24) is 15.1 Å². The summed E-state index contributed by atoms with van der Waals surface area (Å²) in [6, 6.07) is 20.1. The lowest BCUT2D eigenvalue weighted by atomic mass is 9.97. The largest absolute Gasteiger partial charge is 0.481 e. The lowest BCUT2D eigenvalue weighted by Crippen LogP contribution is -2.52. The molecule has 8 nitrogen and oxygen atoms in total. The van der Waals surface area contributed by atoms with Gasteiger partial charge in [-0.1, -0.05) is 98.8 Å². The number of nitrogens with one attached hydrogen (secondary N) is 1. The number of hydrogen-bond acceptors (Lipinski definition) is 4. The average Bonchev–Trinajstić information content (AvgIpc) is 3.14. The highest BCUT2D eigenvalue weighted by atomic mass is 19.1. The predicted octanol–water partition coefficient (Wildman–Crippen LogP) is 6.29. The van der Waals surface area contributed by atoms with Crippen molar-refractivity contribution in [3.63, 3.8) is 0 Å². The van der Waals surface area contributed by atoms with E-state index in [4.69, 9.17) is 0 Å². The molecule has 230 valence electrons. The van der Waals surface area contributed by atoms with Gasteiger partial charge in [0.05, 0.1) is 12.5 Å². The first-order chi connectivity index (χ1) is 20.9. The van der Waals surface area contributed by atoms with Crippen molar-refractivity contribution < 1.29 is 28.7 Å². The van der Waals surface area contributed by atoms with Crippen LogP contribution in [0.25, 0.3) is 12.2 Å². The first kappa shape index (κ1) is 32.1. The molecular weight excluding hydrogens is 561 g/mol. The van der Waals surface area contributed by atoms with Gasteiger partial charge in [0, 0.05) is 12.1 Å². The van der Waals surface area contributed by atoms with E-state index in [1.165, 1.54) is 23.1 Å². The predicted molar refractivity (Wildman–Crippen MR) is 166 cm³/mol. The third kappa shape index (κ3) is 7.40. The van der Waals surface area contributed by atoms with Gasteiger partial charge in [-0.3, -0.25) is 14.4 Å². The van der Waals surface area contributed by atoms with Crippen molar-refractivity contribution in [1.29, 1.82) is 0 Å². The Bertz CT molecular complexity index is 1540. The van der Waals surface area contributed by atoms with Crippen LogP contribution in [0.4, 0.5) is 9.18 Å². The van der Waals surface area contributed by atoms with Gasteiger partial charge in [0.1, 0.15) is 17.4 Å². The first-order valence-electron chi connectivity index (χ1n) is 14.6. The molecule has 0 bridgehead atoms. The number of imide groups is 1. The van der Waals surface area contributed by atoms with Crippen LogP contribution in [0.1, 0.15) is 68.8 Å². The summed E-state index contributed by atoms with van der Waals surface area (Å²) in [5.41, 5.74) is 1.62. The molecule has 0 radical (unpaired) electrons. The van der Waals surface area contributed by atoms with Gasteiger partial charge in [0.15, 0.2) is 0 Å². The second kappa shape index (κ2) is 13.7. The fourth-order valence-corrected chi connectivity index (χ4v) is 5.29. The van der Waals surface area contributed by atoms with Crippen LogP contribution in [0.2, 0.25) is 0 Å². The van der Waals surface area contributed by atoms with Crippen molar-refractivity contribution in [2.75, 3.05) is 0 Å². The maximum Gasteiger partial charge on any atom is 0.328 e. The topological polar surface area (TPSA) is 107 Å². The molecule has 2 N–H and O–H groups in total. The number of carboxylic acid groups (broad SMARTS) is 1. The standard InChI is InChI=1S/C35H38FN3O5/c1-23(2)20-30(32(42)37-29(21-31(40)41)27-12-8-9-13-28(27)36)39-33(43)35(3,4)38(34(39)44)22-26-18-16-25(17-19-26)15-14-24-10-6-5-7-11-24/h5-19,23,29-30H,20-22H2,1-4H3,(H,37,42)(H,40,41)/b15-14+/t29?,30-/m1/s1. The number of halogens is 1. The Kier molecular flexibility index (Phi) is 9.98. The van der Waals surface area contributed by atoms with Crippen molar-refractivity contribution in [2.45, 2.75) is 64.7 Å². The van der Waals surface area contributed by atoms with Gasteiger partial charge in [-0.25, -0.2) is 14.1 Å². The molecule has 0 saturated carbocycles. The SMILES string of the molecule is CC(C)C[C@H](C(=O)NC(CC(=O)O)c1ccccc1F)N1C(=O)N(Cc2ccc(/C=C/c3ccccc3)cc2)C(C)(C)C1=O. The van der Waals surface area contributed by atoms with Gasteiger partial charge in [-0.15, -0.1) is 0 Å². The summed E-state index contributed by atoms with van der Waals surface area (Å²) in [5, 5.41) is 12.1. The van der Waals surface area contributed by atoms with Gasteiger partial charge < -0.3 is 15.3 Å². The molecule has 44 heavy (non-hydrogen) atoms. The normalized spacial score (nSPS) is 16.0. The van der Waals surface area contributed by atoms with Crippen LogP contribution in [-0.2, 0) is 20.9 Å². The van der Waals surface area contributed by atoms with Crippen LogP contribution < -0.4 is 5.32 Å². The summed E-state index contributed by atoms with van der Waals surface area (Å²) in [6.07, 6.45) is 3.57. The maximum absolute atomic E-state index is 14.6. The minimum Gasteiger partial charge on any atom is -0.481 e. The van der Waals surface area contributed by atoms with Crippen LogP contribution in [0, 0.1) is 11.7 Å². The molecule has 4 rings (SSSR count). The lowest BCUT2D eigenvalue weighted by molar-refractivity contribution is -0.140. The van der Waals surface area contributed by atoms with Crippen LogP contribution >= 0.6 is 0 Å². The number of carboxylic acids is 1. The highest BCUT2D eigenvalue weighted by Crippen LogP contribution is 2.33. The molecule has 3 aromatic carbocycles. The molecule has 1 aliphatic heterocycles. The summed E-state index contributed by atoms with van der Waals surface area (Å²) >= 11 is 0. The number of hydrogen-bond donors (Lipinski definition) is 2. The molecule has 0 aromatic heterocycles. The Hall–Kier alpha value is -4.79. The zero-order chi connectivity index (χ0) is 32.0. The quantitative estimate of drug-likeness (QED) is 0.188. The Morgan fingerprint density at radius 2 is 1.50 bits per heavy atom. The summed E-state index contributed by atoms with van der Waals surface area (Å²) in [7, 11) is 0. The number of carbonyl (C=O) groups is 4. The molecular formula is C35H38FN3O5. The number of aliphatic carboxylic acids is 1. The monoisotopic (exact) mass is 599 g/mol. The molecule has 1 heterocycles. The molecule has 1 aliphatic rings. The zero-order valence-electron chi connectivity index (χ0n) is 25.4. The second-order valence-electron chi connectivity index (χ2n) is 11.9. The smallest absolute Gasteiger partial charge is 0.328 e. The van der Waals surface area contributed by atoms with Crippen LogP contribution in [-0.4, -0.2) is 50.3 Å². The number of carbonyl (C=O) groups excluding carboxylic acids is 3. The Balaban J connectivity index is 1.56. The number of benzene rings is 3. The van der Waals surface area contributed by atoms with Crippen LogP contribution in [0.5, 0.6) is 0 Å². The number of nitrogens with zero attached hydrogens (tertiary/aromatic N) is 2. The minimum atomic E-state index is -1.25. The van der Waals surface area contributed by atoms with E-state index in [-0.39, 0.29) is 24.4 Å². The maximum atomic E-state index is 14.6. The molecule has 2 atom stereocenters. The van der Waals surface area contributed by atoms with E-state index in [1.54, 1.807) is 19.9 Å². The number of urea groups is 1. The molecule has 1 unspecified atom stereocenters. The van der Waals surface area contributed by atoms with E-state index in [9.17, 15) is 28.7 Å². The Morgan fingerprint density at radius 3 is 2.09 bits per heavy atom. The molecule has 9 heteroatoms. The highest BCUT2D eigenvalue weighted by Gasteiger charge is 2.54. The molecule has 0 aliphatic carbocycles. The zero-order valence-corrected chi connectivity index (χ0v) is 25.4. The van der Waals surface area contributed by atoms with E-state index in [0.29, 0.717) is 0 Å². The van der Waals surface area contributed by atoms with Crippen molar-refractivity contribution in [2.24, 2.45) is 5.92 Å².